The van der Waals surface area contributed by atoms with Crippen LogP contribution < -0.4 is 4.90 Å². The first-order valence-corrected chi connectivity index (χ1v) is 10.9. The van der Waals surface area contributed by atoms with Crippen molar-refractivity contribution in [2.24, 2.45) is 0 Å². The molecule has 0 spiro atoms. The zero-order chi connectivity index (χ0) is 19.4. The van der Waals surface area contributed by atoms with Crippen molar-refractivity contribution in [2.45, 2.75) is 37.5 Å². The molecule has 0 atom stereocenters. The predicted octanol–water partition coefficient (Wildman–Crippen LogP) is 3.70. The second-order valence-electron chi connectivity index (χ2n) is 6.89. The summed E-state index contributed by atoms with van der Waals surface area (Å²) in [5.74, 6) is -0.0922. The quantitative estimate of drug-likeness (QED) is 0.761. The van der Waals surface area contributed by atoms with E-state index in [0.717, 1.165) is 31.4 Å². The Hall–Kier alpha value is -2.18. The molecule has 2 aromatic rings. The average Bonchev–Trinajstić information content (AvgIpc) is 2.71. The third kappa shape index (κ3) is 4.06. The smallest absolute Gasteiger partial charge is 0.258 e. The molecule has 0 unspecified atom stereocenters. The van der Waals surface area contributed by atoms with Crippen molar-refractivity contribution >= 4 is 21.6 Å². The fourth-order valence-electron chi connectivity index (χ4n) is 3.35. The molecule has 144 valence electrons. The van der Waals surface area contributed by atoms with E-state index in [-0.39, 0.29) is 10.8 Å². The van der Waals surface area contributed by atoms with Gasteiger partial charge in [0.15, 0.2) is 0 Å². The maximum Gasteiger partial charge on any atom is 0.258 e. The lowest BCUT2D eigenvalue weighted by Gasteiger charge is -2.29. The number of aryl methyl sites for hydroxylation is 1. The third-order valence-corrected chi connectivity index (χ3v) is 6.86. The van der Waals surface area contributed by atoms with Crippen molar-refractivity contribution in [3.8, 4) is 0 Å². The third-order valence-electron chi connectivity index (χ3n) is 4.99. The molecule has 0 fully saturated rings. The van der Waals surface area contributed by atoms with Crippen LogP contribution in [0.15, 0.2) is 53.4 Å². The second kappa shape index (κ2) is 8.23. The number of fused-ring (bicyclic) bond motifs is 1. The summed E-state index contributed by atoms with van der Waals surface area (Å²) in [6.07, 6.45) is 3.66. The first-order chi connectivity index (χ1) is 12.9. The molecule has 2 aromatic carbocycles. The van der Waals surface area contributed by atoms with Crippen LogP contribution >= 0.6 is 0 Å². The van der Waals surface area contributed by atoms with Gasteiger partial charge in [-0.1, -0.05) is 31.5 Å². The van der Waals surface area contributed by atoms with Crippen LogP contribution in [0.25, 0.3) is 0 Å². The molecule has 3 rings (SSSR count). The van der Waals surface area contributed by atoms with Gasteiger partial charge in [0.25, 0.3) is 5.91 Å². The molecule has 0 bridgehead atoms. The molecule has 0 saturated carbocycles. The molecule has 0 aliphatic carbocycles. The van der Waals surface area contributed by atoms with Gasteiger partial charge in [-0.25, -0.2) is 12.7 Å². The summed E-state index contributed by atoms with van der Waals surface area (Å²) < 4.78 is 26.6. The van der Waals surface area contributed by atoms with Crippen molar-refractivity contribution in [3.63, 3.8) is 0 Å². The maximum absolute atomic E-state index is 13.0. The van der Waals surface area contributed by atoms with E-state index in [9.17, 15) is 13.2 Å². The lowest BCUT2D eigenvalue weighted by atomic mass is 10.0. The number of carbonyl (C=O) groups is 1. The Morgan fingerprint density at radius 2 is 1.81 bits per heavy atom. The summed E-state index contributed by atoms with van der Waals surface area (Å²) in [5.41, 5.74) is 2.63. The van der Waals surface area contributed by atoms with Gasteiger partial charge in [0, 0.05) is 31.4 Å². The van der Waals surface area contributed by atoms with Gasteiger partial charge in [-0.3, -0.25) is 4.79 Å². The van der Waals surface area contributed by atoms with Gasteiger partial charge in [-0.15, -0.1) is 0 Å². The normalized spacial score (nSPS) is 14.3. The first-order valence-electron chi connectivity index (χ1n) is 9.41. The van der Waals surface area contributed by atoms with Gasteiger partial charge in [-0.2, -0.15) is 0 Å². The number of carbonyl (C=O) groups excluding carboxylic acids is 1. The fourth-order valence-corrected chi connectivity index (χ4v) is 4.56. The molecular weight excluding hydrogens is 360 g/mol. The molecule has 5 nitrogen and oxygen atoms in total. The number of hydrogen-bond donors (Lipinski definition) is 0. The zero-order valence-electron chi connectivity index (χ0n) is 15.9. The highest BCUT2D eigenvalue weighted by Gasteiger charge is 2.24. The Kier molecular flexibility index (Phi) is 5.97. The van der Waals surface area contributed by atoms with Crippen LogP contribution in [0.3, 0.4) is 0 Å². The summed E-state index contributed by atoms with van der Waals surface area (Å²) in [4.78, 5) is 15.0. The summed E-state index contributed by atoms with van der Waals surface area (Å²) in [6, 6.07) is 14.2. The van der Waals surface area contributed by atoms with Gasteiger partial charge in [0.05, 0.1) is 4.90 Å². The molecule has 0 radical (unpaired) electrons. The number of anilines is 1. The minimum absolute atomic E-state index is 0.0922. The van der Waals surface area contributed by atoms with Gasteiger partial charge >= 0.3 is 0 Å². The van der Waals surface area contributed by atoms with E-state index < -0.39 is 10.0 Å². The van der Waals surface area contributed by atoms with Crippen LogP contribution in [0.4, 0.5) is 5.69 Å². The minimum atomic E-state index is -3.52. The van der Waals surface area contributed by atoms with E-state index in [1.807, 2.05) is 25.1 Å². The number of rotatable bonds is 6. The number of unbranched alkanes of at least 4 members (excludes halogenated alkanes) is 1. The van der Waals surface area contributed by atoms with Crippen LogP contribution in [-0.4, -0.2) is 38.8 Å². The fraction of sp³-hybridized carbons (Fsp3) is 0.381. The summed E-state index contributed by atoms with van der Waals surface area (Å²) in [5, 5.41) is 0. The van der Waals surface area contributed by atoms with Crippen molar-refractivity contribution in [3.05, 3.63) is 59.7 Å². The van der Waals surface area contributed by atoms with Crippen LogP contribution in [0.5, 0.6) is 0 Å². The largest absolute Gasteiger partial charge is 0.308 e. The molecule has 1 heterocycles. The van der Waals surface area contributed by atoms with Crippen molar-refractivity contribution < 1.29 is 13.2 Å². The van der Waals surface area contributed by atoms with Crippen LogP contribution in [0.2, 0.25) is 0 Å². The highest BCUT2D eigenvalue weighted by molar-refractivity contribution is 7.89. The Morgan fingerprint density at radius 1 is 1.11 bits per heavy atom. The number of amides is 1. The van der Waals surface area contributed by atoms with E-state index >= 15 is 0 Å². The molecule has 6 heteroatoms. The Bertz CT molecular complexity index is 907. The first kappa shape index (κ1) is 19.6. The van der Waals surface area contributed by atoms with E-state index in [4.69, 9.17) is 0 Å². The zero-order valence-corrected chi connectivity index (χ0v) is 16.7. The van der Waals surface area contributed by atoms with Gasteiger partial charge < -0.3 is 4.90 Å². The van der Waals surface area contributed by atoms with Crippen molar-refractivity contribution in [1.82, 2.24) is 4.31 Å². The minimum Gasteiger partial charge on any atom is -0.308 e. The summed E-state index contributed by atoms with van der Waals surface area (Å²) in [7, 11) is -1.93. The van der Waals surface area contributed by atoms with E-state index in [1.165, 1.54) is 22.0 Å². The maximum atomic E-state index is 13.0. The standard InChI is InChI=1S/C21H26N2O3S/c1-3-4-15-22(2)27(25,26)19-13-11-18(12-14-19)21(24)23-16-7-9-17-8-5-6-10-20(17)23/h5-6,8,10-14H,3-4,7,9,15-16H2,1-2H3. The lowest BCUT2D eigenvalue weighted by Crippen LogP contribution is -2.35. The van der Waals surface area contributed by atoms with Crippen LogP contribution in [-0.2, 0) is 16.4 Å². The summed E-state index contributed by atoms with van der Waals surface area (Å²) in [6.45, 7) is 3.19. The van der Waals surface area contributed by atoms with E-state index in [0.29, 0.717) is 18.7 Å². The Morgan fingerprint density at radius 3 is 2.52 bits per heavy atom. The highest BCUT2D eigenvalue weighted by Crippen LogP contribution is 2.28. The molecule has 1 amide bonds. The van der Waals surface area contributed by atoms with Crippen LogP contribution in [0, 0.1) is 0 Å². The SMILES string of the molecule is CCCCN(C)S(=O)(=O)c1ccc(C(=O)N2CCCc3ccccc32)cc1. The van der Waals surface area contributed by atoms with Crippen molar-refractivity contribution in [2.75, 3.05) is 25.0 Å². The highest BCUT2D eigenvalue weighted by atomic mass is 32.2. The molecular formula is C21H26N2O3S. The number of hydrogen-bond acceptors (Lipinski definition) is 3. The molecule has 0 aromatic heterocycles. The topological polar surface area (TPSA) is 57.7 Å². The molecule has 0 N–H and O–H groups in total. The Balaban J connectivity index is 1.81. The Labute approximate surface area is 161 Å². The monoisotopic (exact) mass is 386 g/mol. The molecule has 27 heavy (non-hydrogen) atoms. The van der Waals surface area contributed by atoms with Gasteiger partial charge in [0.1, 0.15) is 0 Å². The molecule has 1 aliphatic rings. The lowest BCUT2D eigenvalue weighted by molar-refractivity contribution is 0.0985. The summed E-state index contributed by atoms with van der Waals surface area (Å²) >= 11 is 0. The predicted molar refractivity (Wildman–Crippen MR) is 108 cm³/mol. The molecule has 1 aliphatic heterocycles. The van der Waals surface area contributed by atoms with E-state index in [1.54, 1.807) is 24.1 Å². The molecule has 0 saturated heterocycles. The average molecular weight is 387 g/mol. The second-order valence-corrected chi connectivity index (χ2v) is 8.94. The van der Waals surface area contributed by atoms with Gasteiger partial charge in [-0.05, 0) is 55.2 Å². The van der Waals surface area contributed by atoms with Gasteiger partial charge in [0.2, 0.25) is 10.0 Å². The van der Waals surface area contributed by atoms with Crippen molar-refractivity contribution in [1.29, 1.82) is 0 Å². The number of sulfonamides is 1. The number of para-hydroxylation sites is 1. The number of nitrogens with zero attached hydrogens (tertiary/aromatic N) is 2. The van der Waals surface area contributed by atoms with E-state index in [2.05, 4.69) is 6.07 Å². The number of benzene rings is 2. The van der Waals surface area contributed by atoms with Crippen LogP contribution in [0.1, 0.15) is 42.1 Å².